The molecule has 2 aliphatic rings. The van der Waals surface area contributed by atoms with Crippen LogP contribution in [0.25, 0.3) is 0 Å². The maximum atomic E-state index is 5.37. The Morgan fingerprint density at radius 2 is 1.24 bits per heavy atom. The molecule has 4 rings (SSSR count). The van der Waals surface area contributed by atoms with Gasteiger partial charge in [-0.15, -0.1) is 0 Å². The summed E-state index contributed by atoms with van der Waals surface area (Å²) in [6.45, 7) is 0. The Labute approximate surface area is 125 Å². The maximum Gasteiger partial charge on any atom is 0.119 e. The molecule has 0 fully saturated rings. The summed E-state index contributed by atoms with van der Waals surface area (Å²) < 4.78 is 10.7. The number of ether oxygens (including phenoxy) is 2. The van der Waals surface area contributed by atoms with Gasteiger partial charge in [0.15, 0.2) is 0 Å². The lowest BCUT2D eigenvalue weighted by Gasteiger charge is -2.26. The molecule has 1 spiro atoms. The number of aryl methyl sites for hydroxylation is 2. The van der Waals surface area contributed by atoms with Crippen molar-refractivity contribution < 1.29 is 9.47 Å². The molecule has 2 heteroatoms. The molecule has 0 bridgehead atoms. The van der Waals surface area contributed by atoms with Crippen molar-refractivity contribution in [3.63, 3.8) is 0 Å². The third kappa shape index (κ3) is 1.71. The second-order valence-corrected chi connectivity index (χ2v) is 6.13. The minimum atomic E-state index is 0.225. The lowest BCUT2D eigenvalue weighted by atomic mass is 9.77. The summed E-state index contributed by atoms with van der Waals surface area (Å²) in [5, 5.41) is 0. The van der Waals surface area contributed by atoms with Crippen LogP contribution in [0.1, 0.15) is 35.1 Å². The largest absolute Gasteiger partial charge is 0.497 e. The Kier molecular flexibility index (Phi) is 2.75. The van der Waals surface area contributed by atoms with E-state index in [1.165, 1.54) is 35.1 Å². The zero-order valence-electron chi connectivity index (χ0n) is 12.6. The van der Waals surface area contributed by atoms with Crippen molar-refractivity contribution in [2.45, 2.75) is 31.1 Å². The van der Waals surface area contributed by atoms with Gasteiger partial charge in [-0.2, -0.15) is 0 Å². The quantitative estimate of drug-likeness (QED) is 0.831. The van der Waals surface area contributed by atoms with Crippen molar-refractivity contribution >= 4 is 0 Å². The highest BCUT2D eigenvalue weighted by molar-refractivity contribution is 5.56. The van der Waals surface area contributed by atoms with Gasteiger partial charge >= 0.3 is 0 Å². The second-order valence-electron chi connectivity index (χ2n) is 6.13. The minimum Gasteiger partial charge on any atom is -0.497 e. The third-order valence-electron chi connectivity index (χ3n) is 5.30. The molecular weight excluding hydrogens is 260 g/mol. The topological polar surface area (TPSA) is 18.5 Å². The van der Waals surface area contributed by atoms with Crippen LogP contribution in [0.15, 0.2) is 36.4 Å². The van der Waals surface area contributed by atoms with Gasteiger partial charge in [-0.25, -0.2) is 0 Å². The molecule has 0 N–H and O–H groups in total. The fraction of sp³-hybridized carbons (Fsp3) is 0.368. The van der Waals surface area contributed by atoms with Crippen molar-refractivity contribution in [3.05, 3.63) is 58.7 Å². The van der Waals surface area contributed by atoms with Crippen LogP contribution in [0, 0.1) is 0 Å². The van der Waals surface area contributed by atoms with E-state index in [1.54, 1.807) is 14.2 Å². The van der Waals surface area contributed by atoms with Crippen LogP contribution in [0.2, 0.25) is 0 Å². The Hall–Kier alpha value is -1.96. The summed E-state index contributed by atoms with van der Waals surface area (Å²) >= 11 is 0. The van der Waals surface area contributed by atoms with Gasteiger partial charge in [-0.1, -0.05) is 12.1 Å². The smallest absolute Gasteiger partial charge is 0.119 e. The average molecular weight is 280 g/mol. The number of rotatable bonds is 2. The van der Waals surface area contributed by atoms with E-state index < -0.39 is 0 Å². The first-order valence-electron chi connectivity index (χ1n) is 7.62. The van der Waals surface area contributed by atoms with E-state index >= 15 is 0 Å². The van der Waals surface area contributed by atoms with E-state index in [0.29, 0.717) is 0 Å². The molecule has 21 heavy (non-hydrogen) atoms. The third-order valence-corrected chi connectivity index (χ3v) is 5.30. The SMILES string of the molecule is COc1ccc2c(c1)CCC21CCc2cc(OC)ccc21. The first-order chi connectivity index (χ1) is 10.3. The van der Waals surface area contributed by atoms with Crippen LogP contribution in [0.4, 0.5) is 0 Å². The number of benzene rings is 2. The fourth-order valence-electron chi connectivity index (χ4n) is 4.25. The monoisotopic (exact) mass is 280 g/mol. The van der Waals surface area contributed by atoms with Crippen LogP contribution in [0.5, 0.6) is 11.5 Å². The predicted octanol–water partition coefficient (Wildman–Crippen LogP) is 3.88. The first-order valence-corrected chi connectivity index (χ1v) is 7.62. The summed E-state index contributed by atoms with van der Waals surface area (Å²) in [5.74, 6) is 1.94. The molecule has 0 radical (unpaired) electrons. The fourth-order valence-corrected chi connectivity index (χ4v) is 4.25. The highest BCUT2D eigenvalue weighted by Crippen LogP contribution is 2.53. The van der Waals surface area contributed by atoms with Crippen molar-refractivity contribution in [3.8, 4) is 11.5 Å². The molecular formula is C19H20O2. The summed E-state index contributed by atoms with van der Waals surface area (Å²) in [4.78, 5) is 0. The van der Waals surface area contributed by atoms with Crippen LogP contribution in [-0.4, -0.2) is 14.2 Å². The summed E-state index contributed by atoms with van der Waals surface area (Å²) in [5.41, 5.74) is 6.15. The molecule has 0 aliphatic heterocycles. The zero-order valence-corrected chi connectivity index (χ0v) is 12.6. The van der Waals surface area contributed by atoms with Crippen LogP contribution < -0.4 is 9.47 Å². The van der Waals surface area contributed by atoms with Crippen molar-refractivity contribution in [2.75, 3.05) is 14.2 Å². The van der Waals surface area contributed by atoms with E-state index in [4.69, 9.17) is 9.47 Å². The lowest BCUT2D eigenvalue weighted by Crippen LogP contribution is -2.20. The van der Waals surface area contributed by atoms with Crippen molar-refractivity contribution in [1.29, 1.82) is 0 Å². The molecule has 0 heterocycles. The van der Waals surface area contributed by atoms with E-state index in [0.717, 1.165) is 24.3 Å². The highest BCUT2D eigenvalue weighted by Gasteiger charge is 2.44. The Morgan fingerprint density at radius 3 is 1.67 bits per heavy atom. The standard InChI is InChI=1S/C19H20O2/c1-20-15-3-5-17-13(11-15)7-9-19(17)10-8-14-12-16(21-2)4-6-18(14)19/h3-6,11-12H,7-10H2,1-2H3. The van der Waals surface area contributed by atoms with Gasteiger partial charge in [0.05, 0.1) is 14.2 Å². The zero-order chi connectivity index (χ0) is 14.4. The van der Waals surface area contributed by atoms with Crippen LogP contribution in [0.3, 0.4) is 0 Å². The maximum absolute atomic E-state index is 5.37. The van der Waals surface area contributed by atoms with Gasteiger partial charge in [0, 0.05) is 5.41 Å². The molecule has 0 unspecified atom stereocenters. The van der Waals surface area contributed by atoms with E-state index in [9.17, 15) is 0 Å². The molecule has 108 valence electrons. The van der Waals surface area contributed by atoms with Gasteiger partial charge < -0.3 is 9.47 Å². The van der Waals surface area contributed by atoms with Crippen LogP contribution >= 0.6 is 0 Å². The molecule has 2 aromatic rings. The number of hydrogen-bond acceptors (Lipinski definition) is 2. The van der Waals surface area contributed by atoms with E-state index in [2.05, 4.69) is 36.4 Å². The molecule has 0 saturated heterocycles. The Bertz CT molecular complexity index is 641. The van der Waals surface area contributed by atoms with E-state index in [1.807, 2.05) is 0 Å². The molecule has 0 aromatic heterocycles. The second kappa shape index (κ2) is 4.52. The first kappa shape index (κ1) is 12.8. The van der Waals surface area contributed by atoms with Crippen molar-refractivity contribution in [2.24, 2.45) is 0 Å². The average Bonchev–Trinajstić information content (AvgIpc) is 3.09. The highest BCUT2D eigenvalue weighted by atomic mass is 16.5. The normalized spacial score (nSPS) is 17.6. The van der Waals surface area contributed by atoms with Gasteiger partial charge in [0.25, 0.3) is 0 Å². The number of fused-ring (bicyclic) bond motifs is 4. The number of methoxy groups -OCH3 is 2. The lowest BCUT2D eigenvalue weighted by molar-refractivity contribution is 0.414. The minimum absolute atomic E-state index is 0.225. The Balaban J connectivity index is 1.84. The van der Waals surface area contributed by atoms with Gasteiger partial charge in [0.2, 0.25) is 0 Å². The predicted molar refractivity (Wildman–Crippen MR) is 83.4 cm³/mol. The summed E-state index contributed by atoms with van der Waals surface area (Å²) in [6.07, 6.45) is 4.74. The van der Waals surface area contributed by atoms with Crippen LogP contribution in [-0.2, 0) is 18.3 Å². The Morgan fingerprint density at radius 1 is 0.762 bits per heavy atom. The molecule has 0 amide bonds. The molecule has 2 nitrogen and oxygen atoms in total. The summed E-state index contributed by atoms with van der Waals surface area (Å²) in [6, 6.07) is 13.2. The van der Waals surface area contributed by atoms with Crippen molar-refractivity contribution in [1.82, 2.24) is 0 Å². The summed E-state index contributed by atoms with van der Waals surface area (Å²) in [7, 11) is 3.48. The molecule has 0 saturated carbocycles. The van der Waals surface area contributed by atoms with Gasteiger partial charge in [-0.3, -0.25) is 0 Å². The molecule has 0 atom stereocenters. The van der Waals surface area contributed by atoms with E-state index in [-0.39, 0.29) is 5.41 Å². The number of hydrogen-bond donors (Lipinski definition) is 0. The van der Waals surface area contributed by atoms with Gasteiger partial charge in [-0.05, 0) is 72.2 Å². The molecule has 2 aliphatic carbocycles. The molecule has 2 aromatic carbocycles. The van der Waals surface area contributed by atoms with Gasteiger partial charge in [0.1, 0.15) is 11.5 Å².